The molecule has 0 saturated heterocycles. The number of aromatic nitrogens is 3. The van der Waals surface area contributed by atoms with Gasteiger partial charge in [-0.3, -0.25) is 9.48 Å². The molecule has 22 heavy (non-hydrogen) atoms. The van der Waals surface area contributed by atoms with E-state index in [1.807, 2.05) is 27.1 Å². The van der Waals surface area contributed by atoms with E-state index in [-0.39, 0.29) is 17.4 Å². The molecule has 2 aromatic rings. The largest absolute Gasteiger partial charge is 0.393 e. The Morgan fingerprint density at radius 1 is 1.55 bits per heavy atom. The van der Waals surface area contributed by atoms with Crippen molar-refractivity contribution in [2.24, 2.45) is 12.5 Å². The smallest absolute Gasteiger partial charge is 0.270 e. The number of aliphatic hydroxyl groups is 1. The quantitative estimate of drug-likeness (QED) is 0.853. The first-order valence-electron chi connectivity index (χ1n) is 7.18. The van der Waals surface area contributed by atoms with Crippen LogP contribution in [0.5, 0.6) is 0 Å². The molecule has 7 heteroatoms. The van der Waals surface area contributed by atoms with Crippen molar-refractivity contribution in [1.29, 1.82) is 0 Å². The summed E-state index contributed by atoms with van der Waals surface area (Å²) in [6.07, 6.45) is 3.84. The molecule has 2 rings (SSSR count). The highest BCUT2D eigenvalue weighted by Crippen LogP contribution is 2.24. The van der Waals surface area contributed by atoms with Gasteiger partial charge in [0.25, 0.3) is 5.91 Å². The van der Waals surface area contributed by atoms with Gasteiger partial charge in [-0.1, -0.05) is 13.8 Å². The van der Waals surface area contributed by atoms with E-state index in [4.69, 9.17) is 0 Å². The minimum atomic E-state index is -0.386. The third kappa shape index (κ3) is 4.38. The van der Waals surface area contributed by atoms with Crippen LogP contribution in [0.2, 0.25) is 0 Å². The first-order chi connectivity index (χ1) is 10.3. The number of carbonyl (C=O) groups is 1. The summed E-state index contributed by atoms with van der Waals surface area (Å²) in [5, 5.41) is 19.0. The molecule has 0 aliphatic carbocycles. The maximum absolute atomic E-state index is 12.2. The van der Waals surface area contributed by atoms with E-state index in [2.05, 4.69) is 15.4 Å². The molecule has 0 aromatic carbocycles. The fourth-order valence-corrected chi connectivity index (χ4v) is 3.10. The molecule has 0 aliphatic rings. The number of rotatable bonds is 6. The normalized spacial score (nSPS) is 13.1. The lowest BCUT2D eigenvalue weighted by Gasteiger charge is -2.26. The van der Waals surface area contributed by atoms with Crippen LogP contribution in [0.3, 0.4) is 0 Å². The number of aryl methyl sites for hydroxylation is 1. The highest BCUT2D eigenvalue weighted by atomic mass is 32.1. The van der Waals surface area contributed by atoms with Gasteiger partial charge in [0.15, 0.2) is 0 Å². The fraction of sp³-hybridized carbons (Fsp3) is 0.533. The lowest BCUT2D eigenvalue weighted by Crippen LogP contribution is -2.35. The Morgan fingerprint density at radius 2 is 2.27 bits per heavy atom. The Kier molecular flexibility index (Phi) is 4.97. The molecule has 0 aliphatic heterocycles. The Hall–Kier alpha value is -1.73. The first-order valence-corrected chi connectivity index (χ1v) is 8.05. The Labute approximate surface area is 134 Å². The molecule has 1 unspecified atom stereocenters. The van der Waals surface area contributed by atoms with E-state index in [1.165, 1.54) is 11.3 Å². The van der Waals surface area contributed by atoms with Crippen molar-refractivity contribution in [2.75, 3.05) is 6.54 Å². The molecule has 1 atom stereocenters. The number of hydrogen-bond donors (Lipinski definition) is 2. The number of nitrogens with one attached hydrogen (secondary N) is 1. The number of carbonyl (C=O) groups excluding carboxylic acids is 1. The summed E-state index contributed by atoms with van der Waals surface area (Å²) in [5.41, 5.74) is 1.16. The van der Waals surface area contributed by atoms with Crippen LogP contribution >= 0.6 is 11.3 Å². The van der Waals surface area contributed by atoms with Gasteiger partial charge in [-0.15, -0.1) is 11.3 Å². The van der Waals surface area contributed by atoms with Crippen LogP contribution in [0.1, 0.15) is 37.7 Å². The summed E-state index contributed by atoms with van der Waals surface area (Å²) < 4.78 is 1.70. The maximum atomic E-state index is 12.2. The van der Waals surface area contributed by atoms with Gasteiger partial charge in [0.2, 0.25) is 0 Å². The lowest BCUT2D eigenvalue weighted by molar-refractivity contribution is 0.0898. The Balaban J connectivity index is 1.98. The van der Waals surface area contributed by atoms with Crippen LogP contribution < -0.4 is 5.32 Å². The average molecular weight is 322 g/mol. The number of thiazole rings is 1. The second-order valence-electron chi connectivity index (χ2n) is 6.34. The van der Waals surface area contributed by atoms with Crippen LogP contribution in [0.4, 0.5) is 0 Å². The molecular weight excluding hydrogens is 300 g/mol. The summed E-state index contributed by atoms with van der Waals surface area (Å²) in [6, 6.07) is 0. The molecular formula is C15H22N4O2S. The zero-order valence-corrected chi connectivity index (χ0v) is 14.1. The molecule has 2 aromatic heterocycles. The van der Waals surface area contributed by atoms with Gasteiger partial charge in [-0.05, 0) is 18.8 Å². The van der Waals surface area contributed by atoms with E-state index >= 15 is 0 Å². The standard InChI is InChI=1S/C15H22N4O2S/c1-10(20)5-15(2,3)9-16-13(21)12-8-22-14(18-12)11-6-17-19(4)7-11/h6-8,10,20H,5,9H2,1-4H3,(H,16,21). The van der Waals surface area contributed by atoms with Crippen LogP contribution in [-0.4, -0.2) is 38.4 Å². The van der Waals surface area contributed by atoms with Gasteiger partial charge < -0.3 is 10.4 Å². The maximum Gasteiger partial charge on any atom is 0.270 e. The van der Waals surface area contributed by atoms with Crippen molar-refractivity contribution in [3.05, 3.63) is 23.5 Å². The Bertz CT molecular complexity index is 646. The predicted molar refractivity (Wildman–Crippen MR) is 86.7 cm³/mol. The number of amides is 1. The van der Waals surface area contributed by atoms with Crippen molar-refractivity contribution < 1.29 is 9.90 Å². The minimum Gasteiger partial charge on any atom is -0.393 e. The molecule has 0 spiro atoms. The minimum absolute atomic E-state index is 0.161. The molecule has 0 bridgehead atoms. The lowest BCUT2D eigenvalue weighted by atomic mass is 9.87. The predicted octanol–water partition coefficient (Wildman–Crippen LogP) is 2.07. The van der Waals surface area contributed by atoms with Crippen LogP contribution in [0.25, 0.3) is 10.6 Å². The van der Waals surface area contributed by atoms with Crippen LogP contribution in [0, 0.1) is 5.41 Å². The second kappa shape index (κ2) is 6.58. The van der Waals surface area contributed by atoms with Gasteiger partial charge in [-0.25, -0.2) is 4.98 Å². The molecule has 2 heterocycles. The Morgan fingerprint density at radius 3 is 2.86 bits per heavy atom. The van der Waals surface area contributed by atoms with Crippen molar-refractivity contribution in [3.8, 4) is 10.6 Å². The van der Waals surface area contributed by atoms with E-state index in [0.29, 0.717) is 18.7 Å². The van der Waals surface area contributed by atoms with Gasteiger partial charge in [0.05, 0.1) is 12.3 Å². The van der Waals surface area contributed by atoms with Crippen LogP contribution in [0.15, 0.2) is 17.8 Å². The van der Waals surface area contributed by atoms with Gasteiger partial charge in [0, 0.05) is 30.7 Å². The monoisotopic (exact) mass is 322 g/mol. The molecule has 1 amide bonds. The third-order valence-electron chi connectivity index (χ3n) is 3.26. The molecule has 2 N–H and O–H groups in total. The zero-order valence-electron chi connectivity index (χ0n) is 13.3. The molecule has 0 radical (unpaired) electrons. The summed E-state index contributed by atoms with van der Waals surface area (Å²) in [7, 11) is 1.84. The van der Waals surface area contributed by atoms with E-state index < -0.39 is 0 Å². The summed E-state index contributed by atoms with van der Waals surface area (Å²) in [4.78, 5) is 16.5. The van der Waals surface area contributed by atoms with Crippen molar-refractivity contribution in [3.63, 3.8) is 0 Å². The third-order valence-corrected chi connectivity index (χ3v) is 4.16. The molecule has 0 saturated carbocycles. The molecule has 0 fully saturated rings. The number of hydrogen-bond acceptors (Lipinski definition) is 5. The SMILES string of the molecule is CC(O)CC(C)(C)CNC(=O)c1csc(-c2cnn(C)c2)n1. The topological polar surface area (TPSA) is 80.0 Å². The molecule has 6 nitrogen and oxygen atoms in total. The van der Waals surface area contributed by atoms with Crippen molar-refractivity contribution in [2.45, 2.75) is 33.3 Å². The highest BCUT2D eigenvalue weighted by molar-refractivity contribution is 7.13. The van der Waals surface area contributed by atoms with E-state index in [0.717, 1.165) is 10.6 Å². The fourth-order valence-electron chi connectivity index (χ4n) is 2.32. The number of nitrogens with zero attached hydrogens (tertiary/aromatic N) is 3. The second-order valence-corrected chi connectivity index (χ2v) is 7.20. The average Bonchev–Trinajstić information content (AvgIpc) is 3.03. The zero-order chi connectivity index (χ0) is 16.3. The van der Waals surface area contributed by atoms with Crippen LogP contribution in [-0.2, 0) is 7.05 Å². The number of aliphatic hydroxyl groups excluding tert-OH is 1. The molecule has 120 valence electrons. The summed E-state index contributed by atoms with van der Waals surface area (Å²) in [5.74, 6) is -0.190. The highest BCUT2D eigenvalue weighted by Gasteiger charge is 2.22. The summed E-state index contributed by atoms with van der Waals surface area (Å²) >= 11 is 1.42. The van der Waals surface area contributed by atoms with Crippen molar-refractivity contribution in [1.82, 2.24) is 20.1 Å². The summed E-state index contributed by atoms with van der Waals surface area (Å²) in [6.45, 7) is 6.28. The first kappa shape index (κ1) is 16.6. The van der Waals surface area contributed by atoms with Gasteiger partial charge in [-0.2, -0.15) is 5.10 Å². The van der Waals surface area contributed by atoms with Gasteiger partial charge in [0.1, 0.15) is 10.7 Å². The van der Waals surface area contributed by atoms with E-state index in [1.54, 1.807) is 23.2 Å². The van der Waals surface area contributed by atoms with E-state index in [9.17, 15) is 9.90 Å². The van der Waals surface area contributed by atoms with Crippen molar-refractivity contribution >= 4 is 17.2 Å². The van der Waals surface area contributed by atoms with Gasteiger partial charge >= 0.3 is 0 Å².